The molecule has 5 rings (SSSR count). The molecule has 1 saturated heterocycles. The third-order valence-electron chi connectivity index (χ3n) is 9.53. The quantitative estimate of drug-likeness (QED) is 0.113. The van der Waals surface area contributed by atoms with Crippen molar-refractivity contribution >= 4 is 28.7 Å². The lowest BCUT2D eigenvalue weighted by Crippen LogP contribution is -2.58. The van der Waals surface area contributed by atoms with Gasteiger partial charge in [-0.15, -0.1) is 0 Å². The summed E-state index contributed by atoms with van der Waals surface area (Å²) >= 11 is 0. The number of allylic oxidation sites excluding steroid dienone is 1. The summed E-state index contributed by atoms with van der Waals surface area (Å²) in [6.07, 6.45) is 4.87. The number of nitrogens with one attached hydrogen (secondary N) is 1. The fourth-order valence-corrected chi connectivity index (χ4v) is 6.63. The number of carbonyl (C=O) groups excluding carboxylic acids is 2. The van der Waals surface area contributed by atoms with Crippen molar-refractivity contribution < 1.29 is 33.7 Å². The minimum atomic E-state index is -1.25. The highest BCUT2D eigenvalue weighted by molar-refractivity contribution is 5.89. The Kier molecular flexibility index (Phi) is 10.6. The molecule has 4 heterocycles. The molecule has 0 saturated carbocycles. The van der Waals surface area contributed by atoms with Gasteiger partial charge in [0.2, 0.25) is 5.91 Å². The number of nitrogen functional groups attached to an aromatic ring is 1. The number of aryl methyl sites for hydroxylation is 1. The Morgan fingerprint density at radius 1 is 1.17 bits per heavy atom. The minimum absolute atomic E-state index is 0.00875. The molecule has 0 bridgehead atoms. The molecular formula is C36H46N4O8. The van der Waals surface area contributed by atoms with Gasteiger partial charge in [0.05, 0.1) is 6.42 Å². The van der Waals surface area contributed by atoms with Crippen LogP contribution in [0.25, 0.3) is 11.0 Å². The Morgan fingerprint density at radius 3 is 2.62 bits per heavy atom. The summed E-state index contributed by atoms with van der Waals surface area (Å²) < 4.78 is 18.7. The van der Waals surface area contributed by atoms with E-state index in [2.05, 4.69) is 10.3 Å². The van der Waals surface area contributed by atoms with Crippen molar-refractivity contribution in [2.75, 3.05) is 45.6 Å². The fraction of sp³-hybridized carbons (Fsp3) is 0.500. The number of esters is 1. The summed E-state index contributed by atoms with van der Waals surface area (Å²) in [6.45, 7) is 7.27. The molecule has 2 aliphatic rings. The van der Waals surface area contributed by atoms with Crippen molar-refractivity contribution in [1.82, 2.24) is 15.2 Å². The smallest absolute Gasteiger partial charge is 0.339 e. The van der Waals surface area contributed by atoms with Gasteiger partial charge in [-0.25, -0.2) is 14.6 Å². The molecule has 258 valence electrons. The molecule has 1 atom stereocenters. The van der Waals surface area contributed by atoms with Gasteiger partial charge in [-0.1, -0.05) is 6.08 Å². The van der Waals surface area contributed by atoms with Crippen molar-refractivity contribution in [2.45, 2.75) is 70.5 Å². The van der Waals surface area contributed by atoms with Crippen LogP contribution in [0.15, 0.2) is 51.3 Å². The maximum atomic E-state index is 13.4. The maximum Gasteiger partial charge on any atom is 0.339 e. The van der Waals surface area contributed by atoms with E-state index in [1.165, 1.54) is 0 Å². The zero-order valence-corrected chi connectivity index (χ0v) is 28.1. The highest BCUT2D eigenvalue weighted by Gasteiger charge is 2.54. The minimum Gasteiger partial charge on any atom is -0.482 e. The Bertz CT molecular complexity index is 1760. The summed E-state index contributed by atoms with van der Waals surface area (Å²) in [6, 6.07) is 7.11. The van der Waals surface area contributed by atoms with Crippen molar-refractivity contribution in [3.63, 3.8) is 0 Å². The van der Waals surface area contributed by atoms with E-state index < -0.39 is 22.8 Å². The van der Waals surface area contributed by atoms with Crippen LogP contribution >= 0.6 is 0 Å². The van der Waals surface area contributed by atoms with E-state index >= 15 is 0 Å². The van der Waals surface area contributed by atoms with Gasteiger partial charge in [0.1, 0.15) is 22.8 Å². The first-order valence-corrected chi connectivity index (χ1v) is 16.5. The molecule has 0 spiro atoms. The van der Waals surface area contributed by atoms with E-state index in [0.29, 0.717) is 71.7 Å². The molecule has 1 fully saturated rings. The first kappa shape index (κ1) is 35.1. The normalized spacial score (nSPS) is 18.0. The lowest BCUT2D eigenvalue weighted by molar-refractivity contribution is -0.174. The first-order chi connectivity index (χ1) is 22.9. The van der Waals surface area contributed by atoms with E-state index in [9.17, 15) is 24.6 Å². The molecule has 0 unspecified atom stereocenters. The van der Waals surface area contributed by atoms with E-state index in [0.717, 1.165) is 17.7 Å². The molecule has 1 amide bonds. The Morgan fingerprint density at radius 2 is 1.94 bits per heavy atom. The number of pyridine rings is 1. The van der Waals surface area contributed by atoms with Crippen molar-refractivity contribution in [3.8, 4) is 5.75 Å². The van der Waals surface area contributed by atoms with Crippen LogP contribution in [0.4, 0.5) is 5.82 Å². The van der Waals surface area contributed by atoms with Gasteiger partial charge in [0, 0.05) is 86.8 Å². The number of amides is 1. The molecule has 0 radical (unpaired) electrons. The second-order valence-corrected chi connectivity index (χ2v) is 13.3. The predicted molar refractivity (Wildman–Crippen MR) is 181 cm³/mol. The number of hydrogen-bond donors (Lipinski definition) is 4. The van der Waals surface area contributed by atoms with Gasteiger partial charge in [-0.05, 0) is 75.5 Å². The highest BCUT2D eigenvalue weighted by atomic mass is 16.6. The standard InChI is InChI=1S/C36H46N4O8/c1-5-23(8-10-42)34(45)48-35(2,3)36(16-26-13-31(37)39-19-28(26)14-32(43)40-20-22(21-40)18-38-4)17-27-12-25-11-24(7-6-9-41)33(44)46-29(25)15-30(27)47-36/h5,11-13,15,19,22,38,41-42H,6-10,14,16-18,20-21H2,1-4H3,(H2,37,39)/b23-5+/t36-/m0/s1. The number of nitrogens with zero attached hydrogens (tertiary/aromatic N) is 2. The second-order valence-electron chi connectivity index (χ2n) is 13.3. The van der Waals surface area contributed by atoms with Gasteiger partial charge < -0.3 is 40.1 Å². The summed E-state index contributed by atoms with van der Waals surface area (Å²) in [5, 5.41) is 22.7. The molecule has 12 heteroatoms. The SMILES string of the molecule is C/C=C(\CCO)C(=O)OC(C)(C)[C@]1(Cc2cc(N)ncc2CC(=O)N2CC(CNC)C2)Cc2cc3cc(CCCO)c(=O)oc3cc2O1. The Balaban J connectivity index is 1.52. The first-order valence-electron chi connectivity index (χ1n) is 16.5. The van der Waals surface area contributed by atoms with E-state index in [-0.39, 0.29) is 44.2 Å². The van der Waals surface area contributed by atoms with E-state index in [4.69, 9.17) is 19.6 Å². The highest BCUT2D eigenvalue weighted by Crippen LogP contribution is 2.46. The number of aliphatic hydroxyl groups is 2. The number of anilines is 1. The van der Waals surface area contributed by atoms with Crippen LogP contribution in [0.3, 0.4) is 0 Å². The summed E-state index contributed by atoms with van der Waals surface area (Å²) in [4.78, 5) is 45.5. The average Bonchev–Trinajstić information content (AvgIpc) is 3.38. The second kappa shape index (κ2) is 14.5. The number of aromatic nitrogens is 1. The van der Waals surface area contributed by atoms with Gasteiger partial charge in [-0.3, -0.25) is 4.79 Å². The zero-order valence-electron chi connectivity index (χ0n) is 28.1. The van der Waals surface area contributed by atoms with Crippen molar-refractivity contribution in [1.29, 1.82) is 0 Å². The molecule has 5 N–H and O–H groups in total. The molecule has 2 aliphatic heterocycles. The number of benzene rings is 1. The molecule has 1 aromatic carbocycles. The molecule has 0 aliphatic carbocycles. The zero-order chi connectivity index (χ0) is 34.6. The van der Waals surface area contributed by atoms with Crippen LogP contribution in [0.5, 0.6) is 5.75 Å². The van der Waals surface area contributed by atoms with Crippen molar-refractivity contribution in [3.05, 3.63) is 74.8 Å². The molecule has 2 aromatic heterocycles. The predicted octanol–water partition coefficient (Wildman–Crippen LogP) is 2.48. The molecule has 48 heavy (non-hydrogen) atoms. The average molecular weight is 663 g/mol. The van der Waals surface area contributed by atoms with Gasteiger partial charge >= 0.3 is 11.6 Å². The third-order valence-corrected chi connectivity index (χ3v) is 9.53. The number of rotatable bonds is 14. The maximum absolute atomic E-state index is 13.4. The molecule has 3 aromatic rings. The summed E-state index contributed by atoms with van der Waals surface area (Å²) in [5.74, 6) is 0.604. The van der Waals surface area contributed by atoms with Crippen molar-refractivity contribution in [2.24, 2.45) is 5.92 Å². The van der Waals surface area contributed by atoms with Crippen LogP contribution < -0.4 is 21.4 Å². The summed E-state index contributed by atoms with van der Waals surface area (Å²) in [7, 11) is 1.90. The van der Waals surface area contributed by atoms with Gasteiger partial charge in [0.25, 0.3) is 0 Å². The van der Waals surface area contributed by atoms with E-state index in [1.807, 2.05) is 18.0 Å². The number of carbonyl (C=O) groups is 2. The summed E-state index contributed by atoms with van der Waals surface area (Å²) in [5.41, 5.74) is 6.71. The van der Waals surface area contributed by atoms with Crippen LogP contribution in [0.2, 0.25) is 0 Å². The number of likely N-dealkylation sites (tertiary alicyclic amines) is 1. The Hall–Kier alpha value is -4.26. The number of hydrogen-bond acceptors (Lipinski definition) is 11. The van der Waals surface area contributed by atoms with Crippen LogP contribution in [-0.2, 0) is 40.0 Å². The van der Waals surface area contributed by atoms with Crippen LogP contribution in [0.1, 0.15) is 55.9 Å². The Labute approximate surface area is 279 Å². The van der Waals surface area contributed by atoms with Gasteiger partial charge in [0.15, 0.2) is 5.60 Å². The van der Waals surface area contributed by atoms with Crippen LogP contribution in [0, 0.1) is 5.92 Å². The number of aliphatic hydroxyl groups excluding tert-OH is 2. The number of nitrogens with two attached hydrogens (primary N) is 1. The fourth-order valence-electron chi connectivity index (χ4n) is 6.63. The number of ether oxygens (including phenoxy) is 2. The lowest BCUT2D eigenvalue weighted by atomic mass is 9.76. The van der Waals surface area contributed by atoms with Gasteiger partial charge in [-0.2, -0.15) is 0 Å². The lowest BCUT2D eigenvalue weighted by Gasteiger charge is -2.43. The van der Waals surface area contributed by atoms with Crippen LogP contribution in [-0.4, -0.2) is 83.1 Å². The topological polar surface area (TPSA) is 177 Å². The van der Waals surface area contributed by atoms with E-state index in [1.54, 1.807) is 51.2 Å². The third kappa shape index (κ3) is 7.25. The largest absolute Gasteiger partial charge is 0.482 e. The number of fused-ring (bicyclic) bond motifs is 2. The molecule has 12 nitrogen and oxygen atoms in total. The molecular weight excluding hydrogens is 616 g/mol. The monoisotopic (exact) mass is 662 g/mol.